The number of benzene rings is 1. The van der Waals surface area contributed by atoms with Crippen molar-refractivity contribution >= 4 is 0 Å². The quantitative estimate of drug-likeness (QED) is 0.805. The van der Waals surface area contributed by atoms with E-state index in [-0.39, 0.29) is 6.61 Å². The molecule has 1 atom stereocenters. The maximum atomic E-state index is 9.02. The summed E-state index contributed by atoms with van der Waals surface area (Å²) >= 11 is 0. The van der Waals surface area contributed by atoms with Gasteiger partial charge in [-0.15, -0.1) is 0 Å². The lowest BCUT2D eigenvalue weighted by Gasteiger charge is -2.35. The molecule has 1 unspecified atom stereocenters. The minimum Gasteiger partial charge on any atom is -0.494 e. The highest BCUT2D eigenvalue weighted by Gasteiger charge is 2.26. The van der Waals surface area contributed by atoms with E-state index >= 15 is 0 Å². The Kier molecular flexibility index (Phi) is 6.49. The van der Waals surface area contributed by atoms with Gasteiger partial charge in [0.05, 0.1) is 13.2 Å². The molecular formula is C17H28N2O2. The van der Waals surface area contributed by atoms with Crippen molar-refractivity contribution in [2.45, 2.75) is 25.7 Å². The molecule has 4 heteroatoms. The summed E-state index contributed by atoms with van der Waals surface area (Å²) in [4.78, 5) is 2.33. The molecule has 21 heavy (non-hydrogen) atoms. The monoisotopic (exact) mass is 292 g/mol. The van der Waals surface area contributed by atoms with E-state index in [4.69, 9.17) is 15.6 Å². The summed E-state index contributed by atoms with van der Waals surface area (Å²) in [5, 5.41) is 9.02. The molecule has 1 aromatic carbocycles. The van der Waals surface area contributed by atoms with Crippen LogP contribution in [0.2, 0.25) is 0 Å². The van der Waals surface area contributed by atoms with Gasteiger partial charge in [-0.05, 0) is 68.9 Å². The van der Waals surface area contributed by atoms with Crippen molar-refractivity contribution in [3.8, 4) is 5.75 Å². The van der Waals surface area contributed by atoms with Crippen LogP contribution >= 0.6 is 0 Å². The zero-order valence-corrected chi connectivity index (χ0v) is 13.0. The van der Waals surface area contributed by atoms with Gasteiger partial charge < -0.3 is 20.5 Å². The molecule has 1 fully saturated rings. The molecule has 0 spiro atoms. The summed E-state index contributed by atoms with van der Waals surface area (Å²) < 4.78 is 5.60. The van der Waals surface area contributed by atoms with Gasteiger partial charge >= 0.3 is 0 Å². The van der Waals surface area contributed by atoms with Gasteiger partial charge in [-0.3, -0.25) is 0 Å². The second kappa shape index (κ2) is 8.37. The Balaban J connectivity index is 2.01. The third-order valence-electron chi connectivity index (χ3n) is 4.47. The van der Waals surface area contributed by atoms with Crippen LogP contribution in [0.5, 0.6) is 5.75 Å². The Labute approximate surface area is 127 Å². The number of likely N-dealkylation sites (tertiary alicyclic amines) is 1. The van der Waals surface area contributed by atoms with Gasteiger partial charge in [0.2, 0.25) is 0 Å². The van der Waals surface area contributed by atoms with E-state index in [1.807, 2.05) is 13.0 Å². The lowest BCUT2D eigenvalue weighted by atomic mass is 9.80. The van der Waals surface area contributed by atoms with Crippen molar-refractivity contribution in [2.24, 2.45) is 11.7 Å². The number of aliphatic hydroxyl groups excluding tert-OH is 1. The first-order valence-electron chi connectivity index (χ1n) is 8.04. The second-order valence-corrected chi connectivity index (χ2v) is 5.75. The maximum Gasteiger partial charge on any atom is 0.119 e. The highest BCUT2D eigenvalue weighted by atomic mass is 16.5. The maximum absolute atomic E-state index is 9.02. The lowest BCUT2D eigenvalue weighted by molar-refractivity contribution is 0.138. The van der Waals surface area contributed by atoms with E-state index in [1.54, 1.807) is 0 Å². The third kappa shape index (κ3) is 4.43. The minimum absolute atomic E-state index is 0.251. The Morgan fingerprint density at radius 2 is 2.14 bits per heavy atom. The molecule has 0 amide bonds. The highest BCUT2D eigenvalue weighted by Crippen LogP contribution is 2.33. The molecule has 118 valence electrons. The largest absolute Gasteiger partial charge is 0.494 e. The number of aliphatic hydroxyl groups is 1. The number of piperidine rings is 1. The number of hydrogen-bond acceptors (Lipinski definition) is 4. The fraction of sp³-hybridized carbons (Fsp3) is 0.647. The number of hydrogen-bond donors (Lipinski definition) is 2. The molecule has 0 bridgehead atoms. The van der Waals surface area contributed by atoms with Crippen LogP contribution < -0.4 is 10.5 Å². The summed E-state index contributed by atoms with van der Waals surface area (Å²) in [6, 6.07) is 8.37. The van der Waals surface area contributed by atoms with E-state index in [0.717, 1.165) is 38.2 Å². The standard InChI is InChI=1S/C17H28N2O2/c1-2-21-16-5-3-4-15(12-16)17(13-18)14-6-8-19(9-7-14)10-11-20/h3-5,12,14,17,20H,2,6-11,13,18H2,1H3. The molecule has 3 N–H and O–H groups in total. The summed E-state index contributed by atoms with van der Waals surface area (Å²) in [7, 11) is 0. The van der Waals surface area contributed by atoms with Crippen LogP contribution in [0.4, 0.5) is 0 Å². The second-order valence-electron chi connectivity index (χ2n) is 5.75. The van der Waals surface area contributed by atoms with E-state index in [1.165, 1.54) is 5.56 Å². The van der Waals surface area contributed by atoms with Crippen molar-refractivity contribution in [1.29, 1.82) is 0 Å². The molecular weight excluding hydrogens is 264 g/mol. The number of nitrogens with zero attached hydrogens (tertiary/aromatic N) is 1. The molecule has 0 saturated carbocycles. The van der Waals surface area contributed by atoms with Crippen LogP contribution in [0.1, 0.15) is 31.2 Å². The van der Waals surface area contributed by atoms with Gasteiger partial charge in [0.1, 0.15) is 5.75 Å². The lowest BCUT2D eigenvalue weighted by Crippen LogP contribution is -2.38. The predicted molar refractivity (Wildman–Crippen MR) is 85.7 cm³/mol. The average molecular weight is 292 g/mol. The zero-order valence-electron chi connectivity index (χ0n) is 13.0. The van der Waals surface area contributed by atoms with Gasteiger partial charge in [0.25, 0.3) is 0 Å². The van der Waals surface area contributed by atoms with E-state index in [9.17, 15) is 0 Å². The molecule has 0 aromatic heterocycles. The number of nitrogens with two attached hydrogens (primary N) is 1. The molecule has 2 rings (SSSR count). The van der Waals surface area contributed by atoms with Crippen molar-refractivity contribution in [3.05, 3.63) is 29.8 Å². The molecule has 1 aromatic rings. The summed E-state index contributed by atoms with van der Waals surface area (Å²) in [6.07, 6.45) is 2.31. The normalized spacial score (nSPS) is 18.6. The first kappa shape index (κ1) is 16.3. The van der Waals surface area contributed by atoms with Gasteiger partial charge in [0, 0.05) is 6.54 Å². The minimum atomic E-state index is 0.251. The fourth-order valence-corrected chi connectivity index (χ4v) is 3.32. The molecule has 1 heterocycles. The Morgan fingerprint density at radius 1 is 1.38 bits per heavy atom. The number of ether oxygens (including phenoxy) is 1. The van der Waals surface area contributed by atoms with Crippen molar-refractivity contribution in [3.63, 3.8) is 0 Å². The van der Waals surface area contributed by atoms with Crippen molar-refractivity contribution < 1.29 is 9.84 Å². The Hall–Kier alpha value is -1.10. The Bertz CT molecular complexity index is 417. The van der Waals surface area contributed by atoms with E-state index < -0.39 is 0 Å². The molecule has 1 aliphatic heterocycles. The number of rotatable bonds is 7. The summed E-state index contributed by atoms with van der Waals surface area (Å²) in [5.41, 5.74) is 7.35. The van der Waals surface area contributed by atoms with Crippen LogP contribution in [-0.2, 0) is 0 Å². The third-order valence-corrected chi connectivity index (χ3v) is 4.47. The Morgan fingerprint density at radius 3 is 2.76 bits per heavy atom. The molecule has 1 saturated heterocycles. The SMILES string of the molecule is CCOc1cccc(C(CN)C2CCN(CCO)CC2)c1. The molecule has 0 aliphatic carbocycles. The van der Waals surface area contributed by atoms with Crippen molar-refractivity contribution in [2.75, 3.05) is 39.4 Å². The molecule has 0 radical (unpaired) electrons. The van der Waals surface area contributed by atoms with Crippen LogP contribution in [0.3, 0.4) is 0 Å². The van der Waals surface area contributed by atoms with Gasteiger partial charge in [-0.1, -0.05) is 12.1 Å². The summed E-state index contributed by atoms with van der Waals surface area (Å²) in [5.74, 6) is 1.97. The number of β-amino-alcohol motifs (C(OH)–C–C–N with tert-alkyl or cyclic N) is 1. The van der Waals surface area contributed by atoms with Crippen LogP contribution in [0.15, 0.2) is 24.3 Å². The topological polar surface area (TPSA) is 58.7 Å². The van der Waals surface area contributed by atoms with E-state index in [0.29, 0.717) is 25.0 Å². The van der Waals surface area contributed by atoms with Gasteiger partial charge in [-0.25, -0.2) is 0 Å². The van der Waals surface area contributed by atoms with Crippen LogP contribution in [0, 0.1) is 5.92 Å². The molecule has 4 nitrogen and oxygen atoms in total. The fourth-order valence-electron chi connectivity index (χ4n) is 3.32. The zero-order chi connectivity index (χ0) is 15.1. The van der Waals surface area contributed by atoms with E-state index in [2.05, 4.69) is 23.1 Å². The van der Waals surface area contributed by atoms with Gasteiger partial charge in [0.15, 0.2) is 0 Å². The van der Waals surface area contributed by atoms with Crippen LogP contribution in [0.25, 0.3) is 0 Å². The smallest absolute Gasteiger partial charge is 0.119 e. The first-order valence-corrected chi connectivity index (χ1v) is 8.04. The van der Waals surface area contributed by atoms with Gasteiger partial charge in [-0.2, -0.15) is 0 Å². The first-order chi connectivity index (χ1) is 10.3. The average Bonchev–Trinajstić information content (AvgIpc) is 2.51. The van der Waals surface area contributed by atoms with Crippen molar-refractivity contribution in [1.82, 2.24) is 4.90 Å². The predicted octanol–water partition coefficient (Wildman–Crippen LogP) is 1.83. The molecule has 1 aliphatic rings. The highest BCUT2D eigenvalue weighted by molar-refractivity contribution is 5.31. The van der Waals surface area contributed by atoms with Crippen LogP contribution in [-0.4, -0.2) is 49.4 Å². The summed E-state index contributed by atoms with van der Waals surface area (Å²) in [6.45, 7) is 6.54.